The fourth-order valence-corrected chi connectivity index (χ4v) is 1.21. The molecule has 0 amide bonds. The molecule has 1 aliphatic rings. The van der Waals surface area contributed by atoms with Crippen molar-refractivity contribution in [3.8, 4) is 0 Å². The molecule has 0 spiro atoms. The van der Waals surface area contributed by atoms with Gasteiger partial charge < -0.3 is 31.3 Å². The summed E-state index contributed by atoms with van der Waals surface area (Å²) in [5.41, 5.74) is 5.50. The van der Waals surface area contributed by atoms with E-state index < -0.39 is 24.1 Å². The Hall–Kier alpha value is -1.48. The van der Waals surface area contributed by atoms with Crippen LogP contribution in [0.25, 0.3) is 0 Å². The summed E-state index contributed by atoms with van der Waals surface area (Å²) in [5.74, 6) is -3.21. The third-order valence-corrected chi connectivity index (χ3v) is 2.24. The first-order chi connectivity index (χ1) is 8.29. The van der Waals surface area contributed by atoms with Crippen LogP contribution in [0, 0.1) is 5.92 Å². The van der Waals surface area contributed by atoms with Crippen molar-refractivity contribution >= 4 is 11.9 Å². The zero-order valence-corrected chi connectivity index (χ0v) is 9.51. The van der Waals surface area contributed by atoms with Crippen LogP contribution >= 0.6 is 0 Å². The van der Waals surface area contributed by atoms with Gasteiger partial charge in [-0.3, -0.25) is 0 Å². The van der Waals surface area contributed by atoms with Crippen LogP contribution in [0.5, 0.6) is 0 Å². The second-order valence-electron chi connectivity index (χ2n) is 3.79. The summed E-state index contributed by atoms with van der Waals surface area (Å²) >= 11 is 0. The van der Waals surface area contributed by atoms with Gasteiger partial charge in [-0.05, 0) is 6.42 Å². The average molecular weight is 263 g/mol. The minimum absolute atomic E-state index is 0.187. The number of carbonyl (C=O) groups is 2. The van der Waals surface area contributed by atoms with Crippen LogP contribution in [0.3, 0.4) is 0 Å². The van der Waals surface area contributed by atoms with Crippen molar-refractivity contribution in [1.82, 2.24) is 0 Å². The number of nitrogens with two attached hydrogens (primary N) is 1. The highest BCUT2D eigenvalue weighted by Gasteiger charge is 2.29. The van der Waals surface area contributed by atoms with Gasteiger partial charge in [0.2, 0.25) is 0 Å². The second kappa shape index (κ2) is 7.77. The molecule has 18 heavy (non-hydrogen) atoms. The van der Waals surface area contributed by atoms with Gasteiger partial charge in [-0.15, -0.1) is 0 Å². The Balaban J connectivity index is 0.000000327. The lowest BCUT2D eigenvalue weighted by Gasteiger charge is -2.07. The molecule has 4 unspecified atom stereocenters. The smallest absolute Gasteiger partial charge is 0.335 e. The van der Waals surface area contributed by atoms with Crippen molar-refractivity contribution in [2.24, 2.45) is 11.7 Å². The number of rotatable bonds is 4. The minimum atomic E-state index is -2.27. The molecule has 0 saturated carbocycles. The Kier molecular flexibility index (Phi) is 7.13. The van der Waals surface area contributed by atoms with Crippen LogP contribution in [0.4, 0.5) is 0 Å². The molecule has 0 aromatic rings. The van der Waals surface area contributed by atoms with Crippen molar-refractivity contribution in [3.05, 3.63) is 12.2 Å². The van der Waals surface area contributed by atoms with E-state index in [9.17, 15) is 9.59 Å². The van der Waals surface area contributed by atoms with Crippen LogP contribution in [0.2, 0.25) is 0 Å². The summed E-state index contributed by atoms with van der Waals surface area (Å²) in [6.45, 7) is 0.240. The highest BCUT2D eigenvalue weighted by atomic mass is 16.4. The molecule has 1 rings (SSSR count). The maximum Gasteiger partial charge on any atom is 0.335 e. The SMILES string of the molecule is NC1C=CC(CO)C1.O=C(O)C(O)C(O)C(=O)O. The Morgan fingerprint density at radius 3 is 1.78 bits per heavy atom. The third kappa shape index (κ3) is 5.73. The van der Waals surface area contributed by atoms with Crippen LogP contribution in [-0.4, -0.2) is 62.3 Å². The molecule has 8 nitrogen and oxygen atoms in total. The van der Waals surface area contributed by atoms with Gasteiger partial charge in [-0.25, -0.2) is 9.59 Å². The normalized spacial score (nSPS) is 24.9. The number of aliphatic hydroxyl groups excluding tert-OH is 3. The summed E-state index contributed by atoms with van der Waals surface area (Å²) in [4.78, 5) is 19.5. The Bertz CT molecular complexity index is 299. The fraction of sp³-hybridized carbons (Fsp3) is 0.600. The topological polar surface area (TPSA) is 161 Å². The highest BCUT2D eigenvalue weighted by molar-refractivity contribution is 5.83. The van der Waals surface area contributed by atoms with Crippen molar-refractivity contribution in [3.63, 3.8) is 0 Å². The molecule has 7 N–H and O–H groups in total. The Morgan fingerprint density at radius 1 is 1.17 bits per heavy atom. The first-order valence-electron chi connectivity index (χ1n) is 5.16. The van der Waals surface area contributed by atoms with Crippen molar-refractivity contribution in [2.45, 2.75) is 24.7 Å². The van der Waals surface area contributed by atoms with Crippen LogP contribution in [-0.2, 0) is 9.59 Å². The van der Waals surface area contributed by atoms with Gasteiger partial charge in [-0.2, -0.15) is 0 Å². The standard InChI is InChI=1S/C6H11NO.C4H6O6/c7-6-2-1-5(3-6)4-8;5-1(3(7)8)2(6)4(9)10/h1-2,5-6,8H,3-4,7H2;1-2,5-6H,(H,7,8)(H,9,10). The van der Waals surface area contributed by atoms with E-state index in [1.54, 1.807) is 0 Å². The summed E-state index contributed by atoms with van der Waals surface area (Å²) in [6.07, 6.45) is 0.303. The van der Waals surface area contributed by atoms with Crippen LogP contribution in [0.1, 0.15) is 6.42 Å². The quantitative estimate of drug-likeness (QED) is 0.310. The molecule has 104 valence electrons. The highest BCUT2D eigenvalue weighted by Crippen LogP contribution is 2.14. The number of carboxylic acid groups (broad SMARTS) is 2. The van der Waals surface area contributed by atoms with E-state index in [0.29, 0.717) is 5.92 Å². The molecule has 0 heterocycles. The molecule has 4 atom stereocenters. The van der Waals surface area contributed by atoms with Gasteiger partial charge in [-0.1, -0.05) is 12.2 Å². The molecule has 0 aliphatic heterocycles. The molecule has 0 saturated heterocycles. The van der Waals surface area contributed by atoms with Crippen LogP contribution < -0.4 is 5.73 Å². The van der Waals surface area contributed by atoms with E-state index in [1.807, 2.05) is 12.2 Å². The average Bonchev–Trinajstić information content (AvgIpc) is 2.73. The molecule has 0 fully saturated rings. The Morgan fingerprint density at radius 2 is 1.61 bits per heavy atom. The largest absolute Gasteiger partial charge is 0.479 e. The number of aliphatic hydroxyl groups is 3. The lowest BCUT2D eigenvalue weighted by Crippen LogP contribution is -2.39. The monoisotopic (exact) mass is 263 g/mol. The summed E-state index contributed by atoms with van der Waals surface area (Å²) in [6, 6.07) is 0.187. The molecular weight excluding hydrogens is 246 g/mol. The Labute approximate surface area is 103 Å². The van der Waals surface area contributed by atoms with E-state index in [2.05, 4.69) is 0 Å². The molecule has 0 bridgehead atoms. The van der Waals surface area contributed by atoms with Gasteiger partial charge in [0.05, 0.1) is 0 Å². The van der Waals surface area contributed by atoms with E-state index in [1.165, 1.54) is 0 Å². The summed E-state index contributed by atoms with van der Waals surface area (Å²) < 4.78 is 0. The van der Waals surface area contributed by atoms with Gasteiger partial charge in [0.15, 0.2) is 12.2 Å². The molecule has 0 radical (unpaired) electrons. The first kappa shape index (κ1) is 16.5. The predicted molar refractivity (Wildman–Crippen MR) is 59.6 cm³/mol. The van der Waals surface area contributed by atoms with Crippen molar-refractivity contribution in [1.29, 1.82) is 0 Å². The maximum absolute atomic E-state index is 9.77. The van der Waals surface area contributed by atoms with Gasteiger partial charge >= 0.3 is 11.9 Å². The molecule has 8 heteroatoms. The van der Waals surface area contributed by atoms with Gasteiger partial charge in [0.1, 0.15) is 0 Å². The van der Waals surface area contributed by atoms with Crippen LogP contribution in [0.15, 0.2) is 12.2 Å². The van der Waals surface area contributed by atoms with Gasteiger partial charge in [0, 0.05) is 18.6 Å². The van der Waals surface area contributed by atoms with E-state index in [4.69, 9.17) is 31.3 Å². The zero-order chi connectivity index (χ0) is 14.3. The van der Waals surface area contributed by atoms with E-state index in [-0.39, 0.29) is 12.6 Å². The van der Waals surface area contributed by atoms with Crippen molar-refractivity contribution < 1.29 is 35.1 Å². The number of hydrogen-bond acceptors (Lipinski definition) is 6. The molecular formula is C10H17NO7. The molecule has 0 aromatic heterocycles. The minimum Gasteiger partial charge on any atom is -0.479 e. The summed E-state index contributed by atoms with van der Waals surface area (Å²) in [5, 5.41) is 41.1. The summed E-state index contributed by atoms with van der Waals surface area (Å²) in [7, 11) is 0. The lowest BCUT2D eigenvalue weighted by molar-refractivity contribution is -0.165. The second-order valence-corrected chi connectivity index (χ2v) is 3.79. The van der Waals surface area contributed by atoms with Crippen molar-refractivity contribution in [2.75, 3.05) is 6.61 Å². The zero-order valence-electron chi connectivity index (χ0n) is 9.51. The predicted octanol–water partition coefficient (Wildman–Crippen LogP) is -2.24. The third-order valence-electron chi connectivity index (χ3n) is 2.24. The first-order valence-corrected chi connectivity index (χ1v) is 5.16. The molecule has 0 aromatic carbocycles. The lowest BCUT2D eigenvalue weighted by atomic mass is 10.1. The van der Waals surface area contributed by atoms with Gasteiger partial charge in [0.25, 0.3) is 0 Å². The number of hydrogen-bond donors (Lipinski definition) is 6. The van der Waals surface area contributed by atoms with E-state index >= 15 is 0 Å². The number of aliphatic carboxylic acids is 2. The fourth-order valence-electron chi connectivity index (χ4n) is 1.21. The van der Waals surface area contributed by atoms with E-state index in [0.717, 1.165) is 6.42 Å². The molecule has 1 aliphatic carbocycles. The number of carboxylic acids is 2. The maximum atomic E-state index is 9.77.